The Balaban J connectivity index is 2.00. The third-order valence-electron chi connectivity index (χ3n) is 3.64. The molecule has 2 atom stereocenters. The van der Waals surface area contributed by atoms with Gasteiger partial charge >= 0.3 is 0 Å². The van der Waals surface area contributed by atoms with Crippen LogP contribution in [0, 0.1) is 5.92 Å². The van der Waals surface area contributed by atoms with Crippen molar-refractivity contribution in [1.29, 1.82) is 0 Å². The minimum Gasteiger partial charge on any atom is -0.494 e. The van der Waals surface area contributed by atoms with Crippen molar-refractivity contribution in [1.82, 2.24) is 5.32 Å². The molecular formula is C16H25NO2. The largest absolute Gasteiger partial charge is 0.494 e. The number of benzene rings is 1. The first-order valence-corrected chi connectivity index (χ1v) is 7.37. The average molecular weight is 263 g/mol. The minimum atomic E-state index is 0.423. The van der Waals surface area contributed by atoms with Gasteiger partial charge in [0, 0.05) is 19.3 Å². The number of hydrogen-bond donors (Lipinski definition) is 1. The van der Waals surface area contributed by atoms with Gasteiger partial charge < -0.3 is 14.8 Å². The number of nitrogens with one attached hydrogen (secondary N) is 1. The Kier molecular flexibility index (Phi) is 5.67. The van der Waals surface area contributed by atoms with Gasteiger partial charge in [-0.2, -0.15) is 0 Å². The van der Waals surface area contributed by atoms with Crippen LogP contribution in [-0.4, -0.2) is 26.4 Å². The van der Waals surface area contributed by atoms with Gasteiger partial charge in [0.1, 0.15) is 5.75 Å². The van der Waals surface area contributed by atoms with E-state index in [-0.39, 0.29) is 0 Å². The Hall–Kier alpha value is -1.06. The molecule has 0 aliphatic carbocycles. The first-order chi connectivity index (χ1) is 9.33. The molecule has 0 saturated carbocycles. The van der Waals surface area contributed by atoms with E-state index in [1.165, 1.54) is 12.0 Å². The monoisotopic (exact) mass is 263 g/mol. The van der Waals surface area contributed by atoms with Gasteiger partial charge in [-0.1, -0.05) is 19.1 Å². The number of ether oxygens (including phenoxy) is 2. The molecule has 1 aliphatic heterocycles. The van der Waals surface area contributed by atoms with Gasteiger partial charge in [-0.15, -0.1) is 0 Å². The van der Waals surface area contributed by atoms with E-state index >= 15 is 0 Å². The normalized spacial score (nSPS) is 20.4. The zero-order valence-electron chi connectivity index (χ0n) is 12.0. The molecule has 0 radical (unpaired) electrons. The lowest BCUT2D eigenvalue weighted by Crippen LogP contribution is -2.23. The van der Waals surface area contributed by atoms with Crippen LogP contribution in [0.1, 0.15) is 38.3 Å². The summed E-state index contributed by atoms with van der Waals surface area (Å²) in [6, 6.07) is 8.90. The molecule has 3 heteroatoms. The van der Waals surface area contributed by atoms with Crippen molar-refractivity contribution in [2.45, 2.75) is 32.7 Å². The lowest BCUT2D eigenvalue weighted by atomic mass is 9.94. The fraction of sp³-hybridized carbons (Fsp3) is 0.625. The maximum absolute atomic E-state index is 5.49. The lowest BCUT2D eigenvalue weighted by molar-refractivity contribution is 0.181. The quantitative estimate of drug-likeness (QED) is 0.819. The summed E-state index contributed by atoms with van der Waals surface area (Å²) in [6.45, 7) is 7.72. The number of hydrogen-bond acceptors (Lipinski definition) is 3. The molecule has 19 heavy (non-hydrogen) atoms. The molecule has 0 amide bonds. The highest BCUT2D eigenvalue weighted by Gasteiger charge is 2.21. The molecule has 1 aromatic carbocycles. The van der Waals surface area contributed by atoms with Crippen molar-refractivity contribution in [3.05, 3.63) is 29.8 Å². The third kappa shape index (κ3) is 4.22. The van der Waals surface area contributed by atoms with Crippen LogP contribution < -0.4 is 10.1 Å². The highest BCUT2D eigenvalue weighted by Crippen LogP contribution is 2.27. The van der Waals surface area contributed by atoms with Crippen LogP contribution in [0.4, 0.5) is 0 Å². The van der Waals surface area contributed by atoms with Crippen LogP contribution in [0.5, 0.6) is 5.75 Å². The Morgan fingerprint density at radius 1 is 1.32 bits per heavy atom. The van der Waals surface area contributed by atoms with Crippen LogP contribution in [0.25, 0.3) is 0 Å². The van der Waals surface area contributed by atoms with E-state index in [0.717, 1.165) is 38.5 Å². The summed E-state index contributed by atoms with van der Waals surface area (Å²) in [5.74, 6) is 1.64. The Bertz CT molecular complexity index is 358. The third-order valence-corrected chi connectivity index (χ3v) is 3.64. The van der Waals surface area contributed by atoms with Gasteiger partial charge in [0.25, 0.3) is 0 Å². The summed E-state index contributed by atoms with van der Waals surface area (Å²) in [4.78, 5) is 0. The van der Waals surface area contributed by atoms with Crippen LogP contribution in [0.3, 0.4) is 0 Å². The van der Waals surface area contributed by atoms with Crippen molar-refractivity contribution in [2.24, 2.45) is 5.92 Å². The molecule has 1 fully saturated rings. The summed E-state index contributed by atoms with van der Waals surface area (Å²) < 4.78 is 11.0. The predicted molar refractivity (Wildman–Crippen MR) is 77.6 cm³/mol. The fourth-order valence-electron chi connectivity index (χ4n) is 2.65. The minimum absolute atomic E-state index is 0.423. The van der Waals surface area contributed by atoms with Crippen molar-refractivity contribution in [2.75, 3.05) is 26.4 Å². The highest BCUT2D eigenvalue weighted by atomic mass is 16.5. The zero-order chi connectivity index (χ0) is 13.5. The summed E-state index contributed by atoms with van der Waals surface area (Å²) in [5.41, 5.74) is 1.34. The van der Waals surface area contributed by atoms with E-state index < -0.39 is 0 Å². The standard InChI is InChI=1S/C16H25NO2/c1-3-17-16(11-13-9-10-18-12-13)14-5-7-15(8-6-14)19-4-2/h5-8,13,16-17H,3-4,9-12H2,1-2H3. The van der Waals surface area contributed by atoms with E-state index in [0.29, 0.717) is 12.0 Å². The molecule has 1 N–H and O–H groups in total. The topological polar surface area (TPSA) is 30.5 Å². The Morgan fingerprint density at radius 2 is 2.11 bits per heavy atom. The molecule has 106 valence electrons. The van der Waals surface area contributed by atoms with E-state index in [9.17, 15) is 0 Å². The SMILES string of the molecule is CCNC(CC1CCOC1)c1ccc(OCC)cc1. The summed E-state index contributed by atoms with van der Waals surface area (Å²) in [6.07, 6.45) is 2.35. The molecule has 1 saturated heterocycles. The second-order valence-corrected chi connectivity index (χ2v) is 5.08. The molecule has 1 aromatic rings. The smallest absolute Gasteiger partial charge is 0.119 e. The molecular weight excluding hydrogens is 238 g/mol. The van der Waals surface area contributed by atoms with E-state index in [1.54, 1.807) is 0 Å². The molecule has 2 unspecified atom stereocenters. The van der Waals surface area contributed by atoms with Crippen LogP contribution in [0.2, 0.25) is 0 Å². The van der Waals surface area contributed by atoms with Gasteiger partial charge in [-0.25, -0.2) is 0 Å². The average Bonchev–Trinajstić information content (AvgIpc) is 2.93. The number of rotatable bonds is 7. The fourth-order valence-corrected chi connectivity index (χ4v) is 2.65. The second-order valence-electron chi connectivity index (χ2n) is 5.08. The van der Waals surface area contributed by atoms with Crippen LogP contribution in [-0.2, 0) is 4.74 Å². The molecule has 0 spiro atoms. The van der Waals surface area contributed by atoms with Crippen LogP contribution in [0.15, 0.2) is 24.3 Å². The molecule has 1 aliphatic rings. The zero-order valence-corrected chi connectivity index (χ0v) is 12.0. The van der Waals surface area contributed by atoms with Crippen LogP contribution >= 0.6 is 0 Å². The first kappa shape index (κ1) is 14.4. The Labute approximate surface area is 116 Å². The van der Waals surface area contributed by atoms with Crippen molar-refractivity contribution in [3.8, 4) is 5.75 Å². The van der Waals surface area contributed by atoms with Gasteiger partial charge in [0.05, 0.1) is 6.61 Å². The summed E-state index contributed by atoms with van der Waals surface area (Å²) in [7, 11) is 0. The Morgan fingerprint density at radius 3 is 2.68 bits per heavy atom. The molecule has 2 rings (SSSR count). The summed E-state index contributed by atoms with van der Waals surface area (Å²) in [5, 5.41) is 3.58. The van der Waals surface area contributed by atoms with Gasteiger partial charge in [0.15, 0.2) is 0 Å². The highest BCUT2D eigenvalue weighted by molar-refractivity contribution is 5.29. The molecule has 3 nitrogen and oxygen atoms in total. The molecule has 1 heterocycles. The van der Waals surface area contributed by atoms with E-state index in [4.69, 9.17) is 9.47 Å². The second kappa shape index (κ2) is 7.51. The van der Waals surface area contributed by atoms with Gasteiger partial charge in [-0.3, -0.25) is 0 Å². The molecule has 0 aromatic heterocycles. The van der Waals surface area contributed by atoms with Gasteiger partial charge in [-0.05, 0) is 49.9 Å². The van der Waals surface area contributed by atoms with Gasteiger partial charge in [0.2, 0.25) is 0 Å². The van der Waals surface area contributed by atoms with Crippen molar-refractivity contribution >= 4 is 0 Å². The van der Waals surface area contributed by atoms with E-state index in [2.05, 4.69) is 36.5 Å². The molecule has 0 bridgehead atoms. The maximum Gasteiger partial charge on any atom is 0.119 e. The van der Waals surface area contributed by atoms with Crippen molar-refractivity contribution in [3.63, 3.8) is 0 Å². The predicted octanol–water partition coefficient (Wildman–Crippen LogP) is 3.16. The maximum atomic E-state index is 5.49. The lowest BCUT2D eigenvalue weighted by Gasteiger charge is -2.21. The summed E-state index contributed by atoms with van der Waals surface area (Å²) >= 11 is 0. The van der Waals surface area contributed by atoms with Crippen molar-refractivity contribution < 1.29 is 9.47 Å². The first-order valence-electron chi connectivity index (χ1n) is 7.37. The van der Waals surface area contributed by atoms with E-state index in [1.807, 2.05) is 6.92 Å².